The molecule has 0 saturated carbocycles. The highest BCUT2D eigenvalue weighted by Gasteiger charge is 2.20. The van der Waals surface area contributed by atoms with Gasteiger partial charge in [-0.05, 0) is 18.6 Å². The summed E-state index contributed by atoms with van der Waals surface area (Å²) < 4.78 is 0. The summed E-state index contributed by atoms with van der Waals surface area (Å²) in [6.45, 7) is 1.71. The van der Waals surface area contributed by atoms with Crippen LogP contribution in [0.2, 0.25) is 0 Å². The van der Waals surface area contributed by atoms with Crippen molar-refractivity contribution in [3.8, 4) is 5.75 Å². The summed E-state index contributed by atoms with van der Waals surface area (Å²) in [6, 6.07) is 12.9. The first-order valence-electron chi connectivity index (χ1n) is 6.37. The van der Waals surface area contributed by atoms with Crippen LogP contribution in [0.25, 0.3) is 0 Å². The molecule has 0 fully saturated rings. The van der Waals surface area contributed by atoms with Crippen LogP contribution in [0.4, 0.5) is 5.69 Å². The minimum Gasteiger partial charge on any atom is -0.502 e. The van der Waals surface area contributed by atoms with Crippen molar-refractivity contribution < 1.29 is 14.8 Å². The van der Waals surface area contributed by atoms with Crippen molar-refractivity contribution in [3.05, 3.63) is 69.8 Å². The van der Waals surface area contributed by atoms with Crippen LogP contribution in [0, 0.1) is 10.1 Å². The molecule has 7 heteroatoms. The third-order valence-electron chi connectivity index (χ3n) is 2.97. The molecule has 0 aliphatic carbocycles. The average Bonchev–Trinajstić information content (AvgIpc) is 2.53. The molecule has 2 aromatic rings. The number of nitrogens with zero attached hydrogens (tertiary/aromatic N) is 2. The van der Waals surface area contributed by atoms with Gasteiger partial charge in [0, 0.05) is 6.07 Å². The molecule has 112 valence electrons. The van der Waals surface area contributed by atoms with Gasteiger partial charge in [0.15, 0.2) is 0 Å². The standard InChI is InChI=1S/C15H13N3O4/c1-10(11-6-3-2-4-7-11)16-17-15(20)12-8-5-9-13(14(12)19)18(21)22/h2-9,19H,1H3,(H,17,20). The van der Waals surface area contributed by atoms with Crippen LogP contribution in [0.3, 0.4) is 0 Å². The highest BCUT2D eigenvalue weighted by molar-refractivity contribution is 6.02. The van der Waals surface area contributed by atoms with Gasteiger partial charge in [-0.1, -0.05) is 36.4 Å². The van der Waals surface area contributed by atoms with Crippen molar-refractivity contribution in [1.29, 1.82) is 0 Å². The van der Waals surface area contributed by atoms with Crippen LogP contribution < -0.4 is 5.43 Å². The molecule has 2 N–H and O–H groups in total. The molecule has 0 aliphatic heterocycles. The van der Waals surface area contributed by atoms with Crippen LogP contribution in [0.5, 0.6) is 5.75 Å². The lowest BCUT2D eigenvalue weighted by molar-refractivity contribution is -0.385. The Balaban J connectivity index is 2.20. The molecule has 2 rings (SSSR count). The van der Waals surface area contributed by atoms with E-state index in [0.717, 1.165) is 11.6 Å². The van der Waals surface area contributed by atoms with Gasteiger partial charge < -0.3 is 5.11 Å². The van der Waals surface area contributed by atoms with E-state index < -0.39 is 22.3 Å². The van der Waals surface area contributed by atoms with Crippen LogP contribution in [0.1, 0.15) is 22.8 Å². The first-order valence-corrected chi connectivity index (χ1v) is 6.37. The lowest BCUT2D eigenvalue weighted by Crippen LogP contribution is -2.19. The maximum atomic E-state index is 12.0. The topological polar surface area (TPSA) is 105 Å². The number of nitrogens with one attached hydrogen (secondary N) is 1. The van der Waals surface area contributed by atoms with Gasteiger partial charge in [-0.25, -0.2) is 5.43 Å². The van der Waals surface area contributed by atoms with E-state index >= 15 is 0 Å². The SMILES string of the molecule is CC(=NNC(=O)c1cccc([N+](=O)[O-])c1O)c1ccccc1. The Morgan fingerprint density at radius 3 is 2.50 bits per heavy atom. The number of hydrogen-bond acceptors (Lipinski definition) is 5. The molecule has 22 heavy (non-hydrogen) atoms. The molecule has 0 heterocycles. The Labute approximate surface area is 126 Å². The lowest BCUT2D eigenvalue weighted by Gasteiger charge is -2.05. The van der Waals surface area contributed by atoms with Gasteiger partial charge in [-0.2, -0.15) is 5.10 Å². The normalized spacial score (nSPS) is 11.0. The fourth-order valence-corrected chi connectivity index (χ4v) is 1.80. The second-order valence-electron chi connectivity index (χ2n) is 4.43. The number of amides is 1. The zero-order valence-corrected chi connectivity index (χ0v) is 11.7. The molecule has 0 bridgehead atoms. The molecular formula is C15H13N3O4. The van der Waals surface area contributed by atoms with E-state index in [4.69, 9.17) is 0 Å². The maximum absolute atomic E-state index is 12.0. The summed E-state index contributed by atoms with van der Waals surface area (Å²) in [5.74, 6) is -1.41. The number of hydrogen-bond donors (Lipinski definition) is 2. The van der Waals surface area contributed by atoms with Crippen molar-refractivity contribution in [1.82, 2.24) is 5.43 Å². The summed E-state index contributed by atoms with van der Waals surface area (Å²) in [4.78, 5) is 21.9. The lowest BCUT2D eigenvalue weighted by atomic mass is 10.1. The van der Waals surface area contributed by atoms with Crippen molar-refractivity contribution >= 4 is 17.3 Å². The van der Waals surface area contributed by atoms with Crippen molar-refractivity contribution in [2.45, 2.75) is 6.92 Å². The van der Waals surface area contributed by atoms with Gasteiger partial charge in [0.25, 0.3) is 5.91 Å². The number of phenolic OH excluding ortho intramolecular Hbond substituents is 1. The van der Waals surface area contributed by atoms with Crippen molar-refractivity contribution in [3.63, 3.8) is 0 Å². The number of nitro groups is 1. The zero-order valence-electron chi connectivity index (χ0n) is 11.7. The molecule has 0 spiro atoms. The number of carbonyl (C=O) groups excluding carboxylic acids is 1. The van der Waals surface area contributed by atoms with E-state index in [-0.39, 0.29) is 5.56 Å². The summed E-state index contributed by atoms with van der Waals surface area (Å²) in [5.41, 5.74) is 2.92. The second-order valence-corrected chi connectivity index (χ2v) is 4.43. The largest absolute Gasteiger partial charge is 0.502 e. The van der Waals surface area contributed by atoms with E-state index in [1.165, 1.54) is 12.1 Å². The number of para-hydroxylation sites is 1. The smallest absolute Gasteiger partial charge is 0.311 e. The zero-order chi connectivity index (χ0) is 16.1. The molecule has 0 aromatic heterocycles. The Bertz CT molecular complexity index is 742. The van der Waals surface area contributed by atoms with Gasteiger partial charge in [-0.3, -0.25) is 14.9 Å². The Morgan fingerprint density at radius 1 is 1.18 bits per heavy atom. The Hall–Kier alpha value is -3.22. The van der Waals surface area contributed by atoms with Crippen molar-refractivity contribution in [2.24, 2.45) is 5.10 Å². The van der Waals surface area contributed by atoms with Crippen LogP contribution in [-0.2, 0) is 0 Å². The maximum Gasteiger partial charge on any atom is 0.311 e. The highest BCUT2D eigenvalue weighted by atomic mass is 16.6. The number of aromatic hydroxyl groups is 1. The molecule has 0 unspecified atom stereocenters. The number of benzene rings is 2. The summed E-state index contributed by atoms with van der Waals surface area (Å²) in [6.07, 6.45) is 0. The van der Waals surface area contributed by atoms with E-state index in [0.29, 0.717) is 5.71 Å². The number of nitro benzene ring substituents is 1. The number of hydrazone groups is 1. The van der Waals surface area contributed by atoms with E-state index in [1.54, 1.807) is 6.92 Å². The van der Waals surface area contributed by atoms with Crippen LogP contribution in [0.15, 0.2) is 53.6 Å². The van der Waals surface area contributed by atoms with E-state index in [1.807, 2.05) is 30.3 Å². The van der Waals surface area contributed by atoms with Crippen molar-refractivity contribution in [2.75, 3.05) is 0 Å². The molecule has 0 aliphatic rings. The van der Waals surface area contributed by atoms with Gasteiger partial charge >= 0.3 is 5.69 Å². The summed E-state index contributed by atoms with van der Waals surface area (Å²) in [7, 11) is 0. The van der Waals surface area contributed by atoms with Gasteiger partial charge in [-0.15, -0.1) is 0 Å². The monoisotopic (exact) mass is 299 g/mol. The quantitative estimate of drug-likeness (QED) is 0.514. The number of phenols is 1. The number of rotatable bonds is 4. The molecule has 1 amide bonds. The number of carbonyl (C=O) groups is 1. The Kier molecular flexibility index (Phi) is 4.47. The minimum absolute atomic E-state index is 0.209. The molecule has 0 atom stereocenters. The fourth-order valence-electron chi connectivity index (χ4n) is 1.80. The van der Waals surface area contributed by atoms with Crippen LogP contribution >= 0.6 is 0 Å². The molecule has 0 radical (unpaired) electrons. The van der Waals surface area contributed by atoms with Crippen LogP contribution in [-0.4, -0.2) is 21.6 Å². The van der Waals surface area contributed by atoms with Gasteiger partial charge in [0.05, 0.1) is 16.2 Å². The molecular weight excluding hydrogens is 286 g/mol. The minimum atomic E-state index is -0.759. The predicted molar refractivity (Wildman–Crippen MR) is 80.9 cm³/mol. The fraction of sp³-hybridized carbons (Fsp3) is 0.0667. The predicted octanol–water partition coefficient (Wildman–Crippen LogP) is 2.45. The van der Waals surface area contributed by atoms with Gasteiger partial charge in [0.2, 0.25) is 5.75 Å². The highest BCUT2D eigenvalue weighted by Crippen LogP contribution is 2.29. The van der Waals surface area contributed by atoms with Gasteiger partial charge in [0.1, 0.15) is 0 Å². The average molecular weight is 299 g/mol. The Morgan fingerprint density at radius 2 is 1.86 bits per heavy atom. The molecule has 2 aromatic carbocycles. The third kappa shape index (κ3) is 3.26. The van der Waals surface area contributed by atoms with E-state index in [2.05, 4.69) is 10.5 Å². The van der Waals surface area contributed by atoms with E-state index in [9.17, 15) is 20.0 Å². The molecule has 7 nitrogen and oxygen atoms in total. The first kappa shape index (κ1) is 15.2. The second kappa shape index (κ2) is 6.49. The summed E-state index contributed by atoms with van der Waals surface area (Å²) >= 11 is 0. The third-order valence-corrected chi connectivity index (χ3v) is 2.97. The first-order chi connectivity index (χ1) is 10.5. The molecule has 0 saturated heterocycles. The summed E-state index contributed by atoms with van der Waals surface area (Å²) in [5, 5.41) is 24.4.